The molecule has 1 atom stereocenters. The van der Waals surface area contributed by atoms with E-state index in [4.69, 9.17) is 0 Å². The van der Waals surface area contributed by atoms with Crippen LogP contribution in [-0.4, -0.2) is 40.7 Å². The molecule has 5 nitrogen and oxygen atoms in total. The summed E-state index contributed by atoms with van der Waals surface area (Å²) >= 11 is 0. The number of amides is 1. The monoisotopic (exact) mass is 303 g/mol. The number of nitrogens with zero attached hydrogens (tertiary/aromatic N) is 2. The fraction of sp³-hybridized carbons (Fsp3) is 0.647. The summed E-state index contributed by atoms with van der Waals surface area (Å²) in [5.74, 6) is 0.947. The van der Waals surface area contributed by atoms with E-state index in [2.05, 4.69) is 15.2 Å². The van der Waals surface area contributed by atoms with Crippen LogP contribution in [0.3, 0.4) is 0 Å². The smallest absolute Gasteiger partial charge is 0.223 e. The molecule has 1 aliphatic heterocycles. The Morgan fingerprint density at radius 2 is 2.18 bits per heavy atom. The number of hydrogen-bond donors (Lipinski definition) is 2. The first-order valence-electron chi connectivity index (χ1n) is 8.32. The minimum absolute atomic E-state index is 0.0164. The highest BCUT2D eigenvalue weighted by Crippen LogP contribution is 2.30. The molecule has 0 unspecified atom stereocenters. The Balaban J connectivity index is 1.48. The van der Waals surface area contributed by atoms with Crippen molar-refractivity contribution in [1.29, 1.82) is 0 Å². The van der Waals surface area contributed by atoms with Crippen molar-refractivity contribution in [2.45, 2.75) is 56.6 Å². The van der Waals surface area contributed by atoms with Gasteiger partial charge < -0.3 is 15.3 Å². The Kier molecular flexibility index (Phi) is 4.62. The Morgan fingerprint density at radius 1 is 1.36 bits per heavy atom. The Morgan fingerprint density at radius 3 is 2.91 bits per heavy atom. The van der Waals surface area contributed by atoms with E-state index in [1.807, 2.05) is 18.2 Å². The van der Waals surface area contributed by atoms with E-state index < -0.39 is 5.60 Å². The molecule has 1 aliphatic carbocycles. The molecule has 2 heterocycles. The molecular formula is C17H25N3O2. The van der Waals surface area contributed by atoms with E-state index in [9.17, 15) is 9.90 Å². The number of carbonyl (C=O) groups excluding carboxylic acids is 1. The van der Waals surface area contributed by atoms with Crippen molar-refractivity contribution in [1.82, 2.24) is 10.3 Å². The molecule has 1 amide bonds. The molecule has 22 heavy (non-hydrogen) atoms. The van der Waals surface area contributed by atoms with E-state index in [0.29, 0.717) is 0 Å². The lowest BCUT2D eigenvalue weighted by Crippen LogP contribution is -2.43. The highest BCUT2D eigenvalue weighted by atomic mass is 16.3. The molecule has 2 aliphatic rings. The zero-order chi connectivity index (χ0) is 15.4. The van der Waals surface area contributed by atoms with Crippen molar-refractivity contribution in [3.05, 3.63) is 24.4 Å². The molecule has 0 aromatic carbocycles. The number of hydrogen-bond acceptors (Lipinski definition) is 4. The fourth-order valence-corrected chi connectivity index (χ4v) is 3.59. The van der Waals surface area contributed by atoms with Crippen molar-refractivity contribution >= 4 is 11.7 Å². The average molecular weight is 303 g/mol. The van der Waals surface area contributed by atoms with Crippen LogP contribution in [0.1, 0.15) is 44.9 Å². The van der Waals surface area contributed by atoms with E-state index in [0.717, 1.165) is 51.0 Å². The molecule has 1 aromatic rings. The minimum atomic E-state index is -0.776. The maximum Gasteiger partial charge on any atom is 0.223 e. The van der Waals surface area contributed by atoms with Gasteiger partial charge in [-0.05, 0) is 31.4 Å². The van der Waals surface area contributed by atoms with E-state index in [1.165, 1.54) is 6.42 Å². The number of pyridine rings is 1. The van der Waals surface area contributed by atoms with Gasteiger partial charge in [-0.3, -0.25) is 4.79 Å². The summed E-state index contributed by atoms with van der Waals surface area (Å²) in [5, 5.41) is 13.5. The van der Waals surface area contributed by atoms with Crippen LogP contribution < -0.4 is 10.2 Å². The Bertz CT molecular complexity index is 500. The number of nitrogens with one attached hydrogen (secondary N) is 1. The summed E-state index contributed by atoms with van der Waals surface area (Å²) in [6.45, 7) is 1.70. The van der Waals surface area contributed by atoms with E-state index in [-0.39, 0.29) is 18.4 Å². The molecule has 1 saturated heterocycles. The van der Waals surface area contributed by atoms with Crippen LogP contribution in [0.25, 0.3) is 0 Å². The van der Waals surface area contributed by atoms with Crippen LogP contribution in [0.4, 0.5) is 5.82 Å². The van der Waals surface area contributed by atoms with Gasteiger partial charge in [-0.1, -0.05) is 25.3 Å². The zero-order valence-electron chi connectivity index (χ0n) is 13.0. The lowest BCUT2D eigenvalue weighted by molar-refractivity contribution is -0.128. The first-order chi connectivity index (χ1) is 10.6. The third-order valence-corrected chi connectivity index (χ3v) is 4.80. The summed E-state index contributed by atoms with van der Waals surface area (Å²) in [6.07, 6.45) is 7.71. The summed E-state index contributed by atoms with van der Waals surface area (Å²) in [7, 11) is 0. The number of aromatic nitrogens is 1. The second-order valence-electron chi connectivity index (χ2n) is 6.65. The third-order valence-electron chi connectivity index (χ3n) is 4.80. The SMILES string of the molecule is O=C(CC1(O)CCCCC1)N[C@H]1CCN(c2ccccn2)C1. The predicted molar refractivity (Wildman–Crippen MR) is 85.6 cm³/mol. The van der Waals surface area contributed by atoms with Gasteiger partial charge in [0.2, 0.25) is 5.91 Å². The highest BCUT2D eigenvalue weighted by molar-refractivity contribution is 5.77. The van der Waals surface area contributed by atoms with Crippen molar-refractivity contribution in [3.63, 3.8) is 0 Å². The topological polar surface area (TPSA) is 65.5 Å². The largest absolute Gasteiger partial charge is 0.389 e. The van der Waals surface area contributed by atoms with Crippen LogP contribution in [-0.2, 0) is 4.79 Å². The molecule has 2 N–H and O–H groups in total. The standard InChI is InChI=1S/C17H25N3O2/c21-16(12-17(22)8-3-1-4-9-17)19-14-7-11-20(13-14)15-6-2-5-10-18-15/h2,5-6,10,14,22H,1,3-4,7-9,11-13H2,(H,19,21)/t14-/m0/s1. The maximum absolute atomic E-state index is 12.2. The fourth-order valence-electron chi connectivity index (χ4n) is 3.59. The quantitative estimate of drug-likeness (QED) is 0.891. The predicted octanol–water partition coefficient (Wildman–Crippen LogP) is 1.86. The molecule has 1 aromatic heterocycles. The van der Waals surface area contributed by atoms with Gasteiger partial charge >= 0.3 is 0 Å². The summed E-state index contributed by atoms with van der Waals surface area (Å²) < 4.78 is 0. The van der Waals surface area contributed by atoms with Crippen molar-refractivity contribution in [3.8, 4) is 0 Å². The van der Waals surface area contributed by atoms with Crippen LogP contribution in [0.15, 0.2) is 24.4 Å². The molecule has 0 spiro atoms. The normalized spacial score (nSPS) is 24.2. The van der Waals surface area contributed by atoms with Crippen LogP contribution in [0, 0.1) is 0 Å². The van der Waals surface area contributed by atoms with Gasteiger partial charge in [0.15, 0.2) is 0 Å². The van der Waals surface area contributed by atoms with Crippen molar-refractivity contribution < 1.29 is 9.90 Å². The van der Waals surface area contributed by atoms with Crippen molar-refractivity contribution in [2.75, 3.05) is 18.0 Å². The summed E-state index contributed by atoms with van der Waals surface area (Å²) in [4.78, 5) is 18.8. The van der Waals surface area contributed by atoms with Gasteiger partial charge in [0, 0.05) is 25.3 Å². The summed E-state index contributed by atoms with van der Waals surface area (Å²) in [5.41, 5.74) is -0.776. The second-order valence-corrected chi connectivity index (χ2v) is 6.65. The maximum atomic E-state index is 12.2. The first kappa shape index (κ1) is 15.3. The molecule has 1 saturated carbocycles. The van der Waals surface area contributed by atoms with Gasteiger partial charge in [-0.15, -0.1) is 0 Å². The zero-order valence-corrected chi connectivity index (χ0v) is 13.0. The average Bonchev–Trinajstić information content (AvgIpc) is 2.96. The number of carbonyl (C=O) groups is 1. The van der Waals surface area contributed by atoms with Crippen LogP contribution >= 0.6 is 0 Å². The van der Waals surface area contributed by atoms with E-state index >= 15 is 0 Å². The first-order valence-corrected chi connectivity index (χ1v) is 8.32. The van der Waals surface area contributed by atoms with Gasteiger partial charge in [0.05, 0.1) is 12.0 Å². The van der Waals surface area contributed by atoms with Crippen molar-refractivity contribution in [2.24, 2.45) is 0 Å². The van der Waals surface area contributed by atoms with Gasteiger partial charge in [-0.25, -0.2) is 4.98 Å². The Hall–Kier alpha value is -1.62. The van der Waals surface area contributed by atoms with Gasteiger partial charge in [-0.2, -0.15) is 0 Å². The molecule has 2 fully saturated rings. The summed E-state index contributed by atoms with van der Waals surface area (Å²) in [6, 6.07) is 6.03. The minimum Gasteiger partial charge on any atom is -0.389 e. The Labute approximate surface area is 131 Å². The molecule has 5 heteroatoms. The molecule has 120 valence electrons. The lowest BCUT2D eigenvalue weighted by atomic mass is 9.82. The lowest BCUT2D eigenvalue weighted by Gasteiger charge is -2.31. The van der Waals surface area contributed by atoms with Gasteiger partial charge in [0.25, 0.3) is 0 Å². The van der Waals surface area contributed by atoms with Crippen LogP contribution in [0.5, 0.6) is 0 Å². The molecular weight excluding hydrogens is 278 g/mol. The second kappa shape index (κ2) is 6.65. The number of rotatable bonds is 4. The van der Waals surface area contributed by atoms with Gasteiger partial charge in [0.1, 0.15) is 5.82 Å². The number of anilines is 1. The molecule has 0 bridgehead atoms. The molecule has 3 rings (SSSR count). The molecule has 0 radical (unpaired) electrons. The third kappa shape index (κ3) is 3.77. The highest BCUT2D eigenvalue weighted by Gasteiger charge is 2.33. The van der Waals surface area contributed by atoms with E-state index in [1.54, 1.807) is 6.20 Å². The number of aliphatic hydroxyl groups is 1. The van der Waals surface area contributed by atoms with Crippen LogP contribution in [0.2, 0.25) is 0 Å².